The van der Waals surface area contributed by atoms with Gasteiger partial charge in [-0.3, -0.25) is 4.68 Å². The van der Waals surface area contributed by atoms with Gasteiger partial charge >= 0.3 is 0 Å². The third kappa shape index (κ3) is 1.80. The average Bonchev–Trinajstić information content (AvgIpc) is 2.71. The van der Waals surface area contributed by atoms with Gasteiger partial charge in [0.05, 0.1) is 17.3 Å². The smallest absolute Gasteiger partial charge is 0.137 e. The zero-order valence-corrected chi connectivity index (χ0v) is 9.19. The second-order valence-corrected chi connectivity index (χ2v) is 3.79. The molecule has 0 radical (unpaired) electrons. The van der Waals surface area contributed by atoms with E-state index in [1.165, 1.54) is 0 Å². The van der Waals surface area contributed by atoms with Crippen LogP contribution < -0.4 is 5.73 Å². The first-order valence-electron chi connectivity index (χ1n) is 4.94. The maximum atomic E-state index is 5.73. The van der Waals surface area contributed by atoms with Crippen molar-refractivity contribution in [1.82, 2.24) is 9.78 Å². The molecule has 1 unspecified atom stereocenters. The number of nitrogens with two attached hydrogens (primary N) is 1. The fourth-order valence-electron chi connectivity index (χ4n) is 1.58. The summed E-state index contributed by atoms with van der Waals surface area (Å²) in [6.07, 6.45) is 1.94. The normalized spacial score (nSPS) is 13.1. The summed E-state index contributed by atoms with van der Waals surface area (Å²) >= 11 is 0. The van der Waals surface area contributed by atoms with Crippen LogP contribution in [0.2, 0.25) is 0 Å². The summed E-state index contributed by atoms with van der Waals surface area (Å²) in [6.45, 7) is 3.86. The van der Waals surface area contributed by atoms with Gasteiger partial charge in [0.15, 0.2) is 0 Å². The van der Waals surface area contributed by atoms with E-state index in [1.54, 1.807) is 4.68 Å². The molecular weight excluding hydrogens is 190 g/mol. The van der Waals surface area contributed by atoms with Crippen LogP contribution >= 0.6 is 0 Å². The summed E-state index contributed by atoms with van der Waals surface area (Å²) in [6, 6.07) is 3.77. The first-order chi connectivity index (χ1) is 7.08. The van der Waals surface area contributed by atoms with Gasteiger partial charge in [-0.2, -0.15) is 5.10 Å². The summed E-state index contributed by atoms with van der Waals surface area (Å²) in [5.41, 5.74) is 7.71. The van der Waals surface area contributed by atoms with Crippen molar-refractivity contribution in [3.63, 3.8) is 0 Å². The van der Waals surface area contributed by atoms with Crippen LogP contribution in [0.5, 0.6) is 0 Å². The topological polar surface area (TPSA) is 57.0 Å². The van der Waals surface area contributed by atoms with E-state index in [1.807, 2.05) is 39.2 Å². The highest BCUT2D eigenvalue weighted by Gasteiger charge is 2.11. The van der Waals surface area contributed by atoms with Crippen molar-refractivity contribution < 1.29 is 4.42 Å². The maximum absolute atomic E-state index is 5.73. The van der Waals surface area contributed by atoms with Gasteiger partial charge in [0.1, 0.15) is 11.5 Å². The van der Waals surface area contributed by atoms with E-state index in [0.717, 1.165) is 22.8 Å². The zero-order chi connectivity index (χ0) is 11.0. The Hall–Kier alpha value is -1.55. The second-order valence-electron chi connectivity index (χ2n) is 3.79. The number of nitrogens with zero attached hydrogens (tertiary/aromatic N) is 2. The van der Waals surface area contributed by atoms with Gasteiger partial charge in [-0.25, -0.2) is 0 Å². The molecule has 0 spiro atoms. The third-order valence-corrected chi connectivity index (χ3v) is 2.35. The van der Waals surface area contributed by atoms with E-state index >= 15 is 0 Å². The summed E-state index contributed by atoms with van der Waals surface area (Å²) in [5, 5.41) is 4.27. The lowest BCUT2D eigenvalue weighted by molar-refractivity contribution is 0.491. The highest BCUT2D eigenvalue weighted by atomic mass is 16.3. The molecule has 0 aliphatic carbocycles. The molecule has 0 amide bonds. The van der Waals surface area contributed by atoms with Crippen LogP contribution in [0.15, 0.2) is 22.7 Å². The molecule has 2 aromatic rings. The predicted molar refractivity (Wildman–Crippen MR) is 58.2 cm³/mol. The van der Waals surface area contributed by atoms with Crippen LogP contribution in [0, 0.1) is 6.92 Å². The Kier molecular flexibility index (Phi) is 2.36. The molecule has 15 heavy (non-hydrogen) atoms. The van der Waals surface area contributed by atoms with Crippen LogP contribution in [0.1, 0.15) is 24.4 Å². The van der Waals surface area contributed by atoms with Gasteiger partial charge < -0.3 is 10.2 Å². The molecule has 2 heterocycles. The molecule has 1 atom stereocenters. The molecule has 2 N–H and O–H groups in total. The third-order valence-electron chi connectivity index (χ3n) is 2.35. The van der Waals surface area contributed by atoms with E-state index < -0.39 is 0 Å². The molecule has 0 aromatic carbocycles. The maximum Gasteiger partial charge on any atom is 0.137 e. The molecule has 2 rings (SSSR count). The molecule has 80 valence electrons. The van der Waals surface area contributed by atoms with Crippen molar-refractivity contribution in [2.75, 3.05) is 0 Å². The van der Waals surface area contributed by atoms with E-state index in [-0.39, 0.29) is 6.04 Å². The summed E-state index contributed by atoms with van der Waals surface area (Å²) < 4.78 is 7.42. The van der Waals surface area contributed by atoms with Crippen molar-refractivity contribution in [3.05, 3.63) is 29.8 Å². The van der Waals surface area contributed by atoms with Gasteiger partial charge in [0, 0.05) is 13.2 Å². The molecule has 0 aliphatic rings. The van der Waals surface area contributed by atoms with Gasteiger partial charge in [-0.15, -0.1) is 0 Å². The minimum atomic E-state index is -0.0734. The number of rotatable bonds is 2. The molecule has 0 fully saturated rings. The minimum Gasteiger partial charge on any atom is -0.459 e. The highest BCUT2D eigenvalue weighted by molar-refractivity contribution is 5.59. The highest BCUT2D eigenvalue weighted by Crippen LogP contribution is 2.26. The minimum absolute atomic E-state index is 0.0734. The van der Waals surface area contributed by atoms with Crippen LogP contribution in [-0.2, 0) is 7.05 Å². The Labute approximate surface area is 88.7 Å². The Morgan fingerprint density at radius 3 is 2.67 bits per heavy atom. The Balaban J connectivity index is 2.41. The second kappa shape index (κ2) is 3.55. The van der Waals surface area contributed by atoms with Crippen molar-refractivity contribution >= 4 is 0 Å². The SMILES string of the molecule is Cc1nn(C)cc1-c1ccc(C(C)N)o1. The van der Waals surface area contributed by atoms with E-state index in [4.69, 9.17) is 10.2 Å². The Morgan fingerprint density at radius 2 is 2.20 bits per heavy atom. The molecule has 0 aliphatic heterocycles. The lowest BCUT2D eigenvalue weighted by Crippen LogP contribution is -2.02. The van der Waals surface area contributed by atoms with Crippen molar-refractivity contribution in [1.29, 1.82) is 0 Å². The average molecular weight is 205 g/mol. The quantitative estimate of drug-likeness (QED) is 0.815. The first kappa shape index (κ1) is 9.98. The summed E-state index contributed by atoms with van der Waals surface area (Å²) in [4.78, 5) is 0. The van der Waals surface area contributed by atoms with Crippen molar-refractivity contribution in [2.45, 2.75) is 19.9 Å². The predicted octanol–water partition coefficient (Wildman–Crippen LogP) is 2.01. The monoisotopic (exact) mass is 205 g/mol. The van der Waals surface area contributed by atoms with Crippen molar-refractivity contribution in [3.8, 4) is 11.3 Å². The number of hydrogen-bond donors (Lipinski definition) is 1. The zero-order valence-electron chi connectivity index (χ0n) is 9.19. The van der Waals surface area contributed by atoms with E-state index in [9.17, 15) is 0 Å². The number of aryl methyl sites for hydroxylation is 2. The molecule has 0 bridgehead atoms. The molecule has 4 nitrogen and oxygen atoms in total. The summed E-state index contributed by atoms with van der Waals surface area (Å²) in [5.74, 6) is 1.63. The lowest BCUT2D eigenvalue weighted by Gasteiger charge is -1.98. The van der Waals surface area contributed by atoms with E-state index in [2.05, 4.69) is 5.10 Å². The van der Waals surface area contributed by atoms with Gasteiger partial charge in [0.25, 0.3) is 0 Å². The number of hydrogen-bond acceptors (Lipinski definition) is 3. The fraction of sp³-hybridized carbons (Fsp3) is 0.364. The molecule has 2 aromatic heterocycles. The van der Waals surface area contributed by atoms with Gasteiger partial charge in [-0.05, 0) is 26.0 Å². The fourth-order valence-corrected chi connectivity index (χ4v) is 1.58. The van der Waals surface area contributed by atoms with Crippen LogP contribution in [0.3, 0.4) is 0 Å². The standard InChI is InChI=1S/C11H15N3O/c1-7(12)10-4-5-11(15-10)9-6-14(3)13-8(9)2/h4-7H,12H2,1-3H3. The Morgan fingerprint density at radius 1 is 1.47 bits per heavy atom. The first-order valence-corrected chi connectivity index (χ1v) is 4.94. The largest absolute Gasteiger partial charge is 0.459 e. The van der Waals surface area contributed by atoms with Crippen molar-refractivity contribution in [2.24, 2.45) is 12.8 Å². The van der Waals surface area contributed by atoms with Crippen LogP contribution in [-0.4, -0.2) is 9.78 Å². The molecule has 0 saturated heterocycles. The molecular formula is C11H15N3O. The van der Waals surface area contributed by atoms with Gasteiger partial charge in [0.2, 0.25) is 0 Å². The number of furan rings is 1. The van der Waals surface area contributed by atoms with E-state index in [0.29, 0.717) is 0 Å². The Bertz CT molecular complexity index is 468. The lowest BCUT2D eigenvalue weighted by atomic mass is 10.2. The number of aromatic nitrogens is 2. The van der Waals surface area contributed by atoms with Crippen LogP contribution in [0.25, 0.3) is 11.3 Å². The molecule has 0 saturated carbocycles. The van der Waals surface area contributed by atoms with Crippen LogP contribution in [0.4, 0.5) is 0 Å². The molecule has 4 heteroatoms. The summed E-state index contributed by atoms with van der Waals surface area (Å²) in [7, 11) is 1.89. The van der Waals surface area contributed by atoms with Gasteiger partial charge in [-0.1, -0.05) is 0 Å².